The molecule has 0 aliphatic heterocycles. The van der Waals surface area contributed by atoms with Gasteiger partial charge in [0.05, 0.1) is 30.4 Å². The third-order valence-electron chi connectivity index (χ3n) is 5.36. The van der Waals surface area contributed by atoms with Crippen molar-refractivity contribution in [3.8, 4) is 5.75 Å². The third-order valence-corrected chi connectivity index (χ3v) is 5.94. The number of hydrogen-bond acceptors (Lipinski definition) is 9. The van der Waals surface area contributed by atoms with E-state index in [1.807, 2.05) is 0 Å². The molecular formula is C24H28FN5O6S. The molecule has 0 N–H and O–H groups in total. The van der Waals surface area contributed by atoms with Gasteiger partial charge in [-0.1, -0.05) is 5.16 Å². The number of ether oxygens (including phenoxy) is 2. The number of amides is 1. The predicted octanol–water partition coefficient (Wildman–Crippen LogP) is 2.56. The number of carbonyl (C=O) groups is 1. The van der Waals surface area contributed by atoms with E-state index in [1.54, 1.807) is 20.8 Å². The Kier molecular flexibility index (Phi) is 8.95. The van der Waals surface area contributed by atoms with E-state index >= 15 is 0 Å². The first-order valence-corrected chi connectivity index (χ1v) is 12.1. The lowest BCUT2D eigenvalue weighted by molar-refractivity contribution is 0.0830. The number of aromatic nitrogens is 3. The molecule has 0 saturated heterocycles. The minimum absolute atomic E-state index is 0.0132. The molecule has 198 valence electrons. The second-order valence-electron chi connectivity index (χ2n) is 8.24. The molecule has 1 amide bonds. The molecule has 0 fully saturated rings. The van der Waals surface area contributed by atoms with Crippen molar-refractivity contribution in [3.63, 3.8) is 0 Å². The molecule has 1 aromatic carbocycles. The zero-order valence-electron chi connectivity index (χ0n) is 21.3. The summed E-state index contributed by atoms with van der Waals surface area (Å²) in [4.78, 5) is 49.2. The van der Waals surface area contributed by atoms with Crippen molar-refractivity contribution in [2.75, 3.05) is 26.3 Å². The lowest BCUT2D eigenvalue weighted by atomic mass is 10.1. The number of rotatable bonds is 10. The molecule has 3 rings (SSSR count). The summed E-state index contributed by atoms with van der Waals surface area (Å²) < 4.78 is 26.9. The van der Waals surface area contributed by atoms with Crippen molar-refractivity contribution in [2.45, 2.75) is 39.5 Å². The summed E-state index contributed by atoms with van der Waals surface area (Å²) in [5, 5.41) is 6.39. The summed E-state index contributed by atoms with van der Waals surface area (Å²) in [5.74, 6) is -0.820. The first-order valence-electron chi connectivity index (χ1n) is 11.2. The fourth-order valence-corrected chi connectivity index (χ4v) is 4.00. The van der Waals surface area contributed by atoms with E-state index in [2.05, 4.69) is 10.1 Å². The summed E-state index contributed by atoms with van der Waals surface area (Å²) in [6, 6.07) is 3.94. The number of nitrogens with zero attached hydrogens (tertiary/aromatic N) is 5. The SMILES string of the molecule is COc1ccc(F)cc1C(Cn1cc(/C(C)=N/OC(C)C)c(=O)n(N(C)C(=O)c2cscn2)c1=O)OC. The van der Waals surface area contributed by atoms with Crippen LogP contribution in [0.3, 0.4) is 0 Å². The van der Waals surface area contributed by atoms with Crippen LogP contribution in [-0.4, -0.2) is 53.2 Å². The van der Waals surface area contributed by atoms with Crippen LogP contribution >= 0.6 is 11.3 Å². The number of methoxy groups -OCH3 is 2. The Hall–Kier alpha value is -3.84. The molecule has 13 heteroatoms. The van der Waals surface area contributed by atoms with Gasteiger partial charge in [-0.15, -0.1) is 11.3 Å². The lowest BCUT2D eigenvalue weighted by Gasteiger charge is -2.23. The molecule has 0 saturated carbocycles. The summed E-state index contributed by atoms with van der Waals surface area (Å²) in [7, 11) is 4.12. The molecule has 0 bridgehead atoms. The molecular weight excluding hydrogens is 505 g/mol. The van der Waals surface area contributed by atoms with Crippen LogP contribution in [0.2, 0.25) is 0 Å². The van der Waals surface area contributed by atoms with Gasteiger partial charge in [0.1, 0.15) is 29.5 Å². The lowest BCUT2D eigenvalue weighted by Crippen LogP contribution is -2.54. The van der Waals surface area contributed by atoms with E-state index in [0.717, 1.165) is 5.01 Å². The normalized spacial score (nSPS) is 12.5. The molecule has 2 heterocycles. The Balaban J connectivity index is 2.18. The predicted molar refractivity (Wildman–Crippen MR) is 137 cm³/mol. The topological polar surface area (TPSA) is 117 Å². The third kappa shape index (κ3) is 6.12. The van der Waals surface area contributed by atoms with E-state index in [4.69, 9.17) is 14.3 Å². The average Bonchev–Trinajstić information content (AvgIpc) is 3.41. The van der Waals surface area contributed by atoms with Crippen LogP contribution in [0.5, 0.6) is 5.75 Å². The maximum Gasteiger partial charge on any atom is 0.350 e. The monoisotopic (exact) mass is 533 g/mol. The van der Waals surface area contributed by atoms with Gasteiger partial charge in [-0.25, -0.2) is 19.2 Å². The Morgan fingerprint density at radius 1 is 1.27 bits per heavy atom. The summed E-state index contributed by atoms with van der Waals surface area (Å²) in [5.41, 5.74) is 0.495. The quantitative estimate of drug-likeness (QED) is 0.290. The Labute approximate surface area is 216 Å². The molecule has 0 aliphatic rings. The molecule has 0 spiro atoms. The van der Waals surface area contributed by atoms with Crippen LogP contribution in [0.15, 0.2) is 50.0 Å². The minimum atomic E-state index is -0.842. The maximum absolute atomic E-state index is 14.1. The van der Waals surface area contributed by atoms with E-state index in [0.29, 0.717) is 16.0 Å². The molecule has 0 radical (unpaired) electrons. The second kappa shape index (κ2) is 11.9. The number of thiazole rings is 1. The largest absolute Gasteiger partial charge is 0.496 e. The highest BCUT2D eigenvalue weighted by Gasteiger charge is 2.25. The van der Waals surface area contributed by atoms with E-state index in [9.17, 15) is 18.8 Å². The van der Waals surface area contributed by atoms with Gasteiger partial charge in [0.2, 0.25) is 0 Å². The van der Waals surface area contributed by atoms with Crippen LogP contribution in [-0.2, 0) is 16.1 Å². The molecule has 2 aromatic heterocycles. The van der Waals surface area contributed by atoms with Crippen molar-refractivity contribution in [3.05, 3.63) is 78.8 Å². The first kappa shape index (κ1) is 27.7. The first-order chi connectivity index (χ1) is 17.6. The van der Waals surface area contributed by atoms with E-state index in [-0.39, 0.29) is 29.6 Å². The highest BCUT2D eigenvalue weighted by Crippen LogP contribution is 2.29. The Morgan fingerprint density at radius 2 is 2.00 bits per heavy atom. The average molecular weight is 534 g/mol. The molecule has 11 nitrogen and oxygen atoms in total. The fourth-order valence-electron chi connectivity index (χ4n) is 3.48. The molecule has 37 heavy (non-hydrogen) atoms. The standard InChI is InChI=1S/C24H28FN5O6S/c1-14(2)36-27-15(3)18-10-29(11-21(35-6)17-9-16(25)7-8-20(17)34-5)24(33)30(22(18)31)28(4)23(32)19-12-37-13-26-19/h7-10,12-14,21H,11H2,1-6H3/b27-15+. The number of halogens is 1. The second-order valence-corrected chi connectivity index (χ2v) is 8.96. The van der Waals surface area contributed by atoms with Crippen molar-refractivity contribution in [1.82, 2.24) is 14.2 Å². The van der Waals surface area contributed by atoms with E-state index < -0.39 is 29.1 Å². The summed E-state index contributed by atoms with van der Waals surface area (Å²) >= 11 is 1.20. The van der Waals surface area contributed by atoms with Crippen LogP contribution in [0, 0.1) is 5.82 Å². The molecule has 0 aliphatic carbocycles. The minimum Gasteiger partial charge on any atom is -0.496 e. The molecule has 1 atom stereocenters. The van der Waals surface area contributed by atoms with Gasteiger partial charge in [-0.3, -0.25) is 14.2 Å². The van der Waals surface area contributed by atoms with Gasteiger partial charge in [0, 0.05) is 31.3 Å². The number of carbonyl (C=O) groups excluding carboxylic acids is 1. The van der Waals surface area contributed by atoms with Gasteiger partial charge < -0.3 is 14.3 Å². The van der Waals surface area contributed by atoms with Gasteiger partial charge >= 0.3 is 5.69 Å². The summed E-state index contributed by atoms with van der Waals surface area (Å²) in [6.07, 6.45) is 0.212. The van der Waals surface area contributed by atoms with Gasteiger partial charge in [-0.05, 0) is 39.0 Å². The number of benzene rings is 1. The zero-order chi connectivity index (χ0) is 27.3. The van der Waals surface area contributed by atoms with Crippen molar-refractivity contribution in [2.24, 2.45) is 5.16 Å². The van der Waals surface area contributed by atoms with Crippen LogP contribution in [0.4, 0.5) is 4.39 Å². The fraction of sp³-hybridized carbons (Fsp3) is 0.375. The van der Waals surface area contributed by atoms with Crippen LogP contribution < -0.4 is 21.0 Å². The Bertz CT molecular complexity index is 1400. The van der Waals surface area contributed by atoms with Crippen LogP contribution in [0.25, 0.3) is 0 Å². The van der Waals surface area contributed by atoms with Crippen molar-refractivity contribution >= 4 is 23.0 Å². The van der Waals surface area contributed by atoms with Gasteiger partial charge in [0.15, 0.2) is 0 Å². The van der Waals surface area contributed by atoms with Gasteiger partial charge in [-0.2, -0.15) is 4.68 Å². The van der Waals surface area contributed by atoms with Crippen molar-refractivity contribution in [1.29, 1.82) is 0 Å². The van der Waals surface area contributed by atoms with E-state index in [1.165, 1.54) is 72.5 Å². The zero-order valence-corrected chi connectivity index (χ0v) is 22.1. The number of hydrogen-bond donors (Lipinski definition) is 0. The number of oxime groups is 1. The van der Waals surface area contributed by atoms with Gasteiger partial charge in [0.25, 0.3) is 11.5 Å². The maximum atomic E-state index is 14.1. The smallest absolute Gasteiger partial charge is 0.350 e. The van der Waals surface area contributed by atoms with Crippen molar-refractivity contribution < 1.29 is 23.5 Å². The highest BCUT2D eigenvalue weighted by atomic mass is 32.1. The van der Waals surface area contributed by atoms with Crippen LogP contribution in [0.1, 0.15) is 48.5 Å². The Morgan fingerprint density at radius 3 is 2.59 bits per heavy atom. The molecule has 1 unspecified atom stereocenters. The summed E-state index contributed by atoms with van der Waals surface area (Å²) in [6.45, 7) is 4.95. The highest BCUT2D eigenvalue weighted by molar-refractivity contribution is 7.07. The molecule has 3 aromatic rings.